The van der Waals surface area contributed by atoms with Crippen LogP contribution in [0.3, 0.4) is 0 Å². The van der Waals surface area contributed by atoms with Gasteiger partial charge in [0, 0.05) is 12.6 Å². The van der Waals surface area contributed by atoms with Crippen molar-refractivity contribution in [1.29, 1.82) is 0 Å². The number of rotatable bonds is 3. The van der Waals surface area contributed by atoms with Crippen LogP contribution in [0.15, 0.2) is 0 Å². The minimum Gasteiger partial charge on any atom is -0.376 e. The van der Waals surface area contributed by atoms with Crippen LogP contribution in [0.2, 0.25) is 0 Å². The molecule has 0 bridgehead atoms. The van der Waals surface area contributed by atoms with E-state index in [2.05, 4.69) is 19.2 Å². The highest BCUT2D eigenvalue weighted by Crippen LogP contribution is 2.28. The summed E-state index contributed by atoms with van der Waals surface area (Å²) in [6.07, 6.45) is 4.31. The number of hydrogen-bond acceptors (Lipinski definition) is 3. The highest BCUT2D eigenvalue weighted by molar-refractivity contribution is 4.82. The van der Waals surface area contributed by atoms with Crippen LogP contribution < -0.4 is 5.32 Å². The molecule has 4 unspecified atom stereocenters. The van der Waals surface area contributed by atoms with Gasteiger partial charge in [0.1, 0.15) is 0 Å². The third kappa shape index (κ3) is 3.44. The summed E-state index contributed by atoms with van der Waals surface area (Å²) in [5.74, 6) is 1.70. The fourth-order valence-corrected chi connectivity index (χ4v) is 2.91. The maximum atomic E-state index is 5.64. The SMILES string of the molecule is CC1CCC(NCC2COCCO2)C(C)C1. The van der Waals surface area contributed by atoms with Crippen LogP contribution in [0.25, 0.3) is 0 Å². The molecule has 3 heteroatoms. The first-order chi connectivity index (χ1) is 7.75. The van der Waals surface area contributed by atoms with Gasteiger partial charge in [0.05, 0.1) is 25.9 Å². The van der Waals surface area contributed by atoms with Gasteiger partial charge in [-0.2, -0.15) is 0 Å². The first-order valence-electron chi connectivity index (χ1n) is 6.68. The van der Waals surface area contributed by atoms with E-state index in [9.17, 15) is 0 Å². The lowest BCUT2D eigenvalue weighted by Crippen LogP contribution is -2.45. The summed E-state index contributed by atoms with van der Waals surface area (Å²) in [5, 5.41) is 3.66. The van der Waals surface area contributed by atoms with Crippen LogP contribution in [0.1, 0.15) is 33.1 Å². The second kappa shape index (κ2) is 5.99. The van der Waals surface area contributed by atoms with E-state index < -0.39 is 0 Å². The third-order valence-electron chi connectivity index (χ3n) is 3.92. The van der Waals surface area contributed by atoms with Crippen molar-refractivity contribution in [1.82, 2.24) is 5.32 Å². The lowest BCUT2D eigenvalue weighted by molar-refractivity contribution is -0.0878. The Labute approximate surface area is 98.9 Å². The molecular weight excluding hydrogens is 202 g/mol. The van der Waals surface area contributed by atoms with Gasteiger partial charge in [0.25, 0.3) is 0 Å². The normalized spacial score (nSPS) is 40.9. The molecule has 1 saturated heterocycles. The van der Waals surface area contributed by atoms with Crippen molar-refractivity contribution < 1.29 is 9.47 Å². The van der Waals surface area contributed by atoms with E-state index >= 15 is 0 Å². The second-order valence-corrected chi connectivity index (χ2v) is 5.48. The predicted molar refractivity (Wildman–Crippen MR) is 64.5 cm³/mol. The van der Waals surface area contributed by atoms with Gasteiger partial charge in [0.2, 0.25) is 0 Å². The third-order valence-corrected chi connectivity index (χ3v) is 3.92. The molecule has 1 aliphatic heterocycles. The molecule has 0 aromatic carbocycles. The first-order valence-corrected chi connectivity index (χ1v) is 6.68. The molecule has 0 aromatic rings. The van der Waals surface area contributed by atoms with Crippen LogP contribution >= 0.6 is 0 Å². The van der Waals surface area contributed by atoms with Crippen molar-refractivity contribution in [3.05, 3.63) is 0 Å². The van der Waals surface area contributed by atoms with Crippen LogP contribution in [0.4, 0.5) is 0 Å². The van der Waals surface area contributed by atoms with Gasteiger partial charge >= 0.3 is 0 Å². The lowest BCUT2D eigenvalue weighted by atomic mass is 9.80. The largest absolute Gasteiger partial charge is 0.376 e. The molecule has 3 nitrogen and oxygen atoms in total. The Hall–Kier alpha value is -0.120. The highest BCUT2D eigenvalue weighted by atomic mass is 16.6. The Bertz CT molecular complexity index is 204. The summed E-state index contributed by atoms with van der Waals surface area (Å²) in [4.78, 5) is 0. The van der Waals surface area contributed by atoms with Crippen LogP contribution in [0, 0.1) is 11.8 Å². The Balaban J connectivity index is 1.68. The van der Waals surface area contributed by atoms with E-state index in [0.717, 1.165) is 38.2 Å². The second-order valence-electron chi connectivity index (χ2n) is 5.48. The molecule has 4 atom stereocenters. The zero-order chi connectivity index (χ0) is 11.4. The molecule has 1 saturated carbocycles. The maximum Gasteiger partial charge on any atom is 0.0933 e. The van der Waals surface area contributed by atoms with Gasteiger partial charge in [0.15, 0.2) is 0 Å². The summed E-state index contributed by atoms with van der Waals surface area (Å²) in [6, 6.07) is 0.682. The summed E-state index contributed by atoms with van der Waals surface area (Å²) in [7, 11) is 0. The molecule has 1 aliphatic carbocycles. The minimum absolute atomic E-state index is 0.264. The monoisotopic (exact) mass is 227 g/mol. The molecule has 2 fully saturated rings. The minimum atomic E-state index is 0.264. The summed E-state index contributed by atoms with van der Waals surface area (Å²) in [5.41, 5.74) is 0. The quantitative estimate of drug-likeness (QED) is 0.797. The molecular formula is C13H25NO2. The Morgan fingerprint density at radius 1 is 1.19 bits per heavy atom. The molecule has 2 aliphatic rings. The number of hydrogen-bond donors (Lipinski definition) is 1. The topological polar surface area (TPSA) is 30.5 Å². The Kier molecular flexibility index (Phi) is 4.62. The average molecular weight is 227 g/mol. The molecule has 0 spiro atoms. The van der Waals surface area contributed by atoms with E-state index in [1.165, 1.54) is 19.3 Å². The van der Waals surface area contributed by atoms with Gasteiger partial charge in [-0.3, -0.25) is 0 Å². The van der Waals surface area contributed by atoms with Crippen molar-refractivity contribution in [3.8, 4) is 0 Å². The van der Waals surface area contributed by atoms with Crippen molar-refractivity contribution in [2.24, 2.45) is 11.8 Å². The van der Waals surface area contributed by atoms with Crippen LogP contribution in [0.5, 0.6) is 0 Å². The van der Waals surface area contributed by atoms with E-state index in [0.29, 0.717) is 6.04 Å². The van der Waals surface area contributed by atoms with Gasteiger partial charge in [-0.15, -0.1) is 0 Å². The van der Waals surface area contributed by atoms with Gasteiger partial charge in [-0.25, -0.2) is 0 Å². The van der Waals surface area contributed by atoms with Gasteiger partial charge < -0.3 is 14.8 Å². The fraction of sp³-hybridized carbons (Fsp3) is 1.00. The van der Waals surface area contributed by atoms with Crippen molar-refractivity contribution in [3.63, 3.8) is 0 Å². The smallest absolute Gasteiger partial charge is 0.0933 e. The fourth-order valence-electron chi connectivity index (χ4n) is 2.91. The van der Waals surface area contributed by atoms with E-state index in [1.807, 2.05) is 0 Å². The molecule has 1 heterocycles. The molecule has 94 valence electrons. The highest BCUT2D eigenvalue weighted by Gasteiger charge is 2.26. The van der Waals surface area contributed by atoms with E-state index in [-0.39, 0.29) is 6.10 Å². The van der Waals surface area contributed by atoms with E-state index in [1.54, 1.807) is 0 Å². The first kappa shape index (κ1) is 12.3. The predicted octanol–water partition coefficient (Wildman–Crippen LogP) is 1.82. The summed E-state index contributed by atoms with van der Waals surface area (Å²) >= 11 is 0. The average Bonchev–Trinajstić information content (AvgIpc) is 2.29. The molecule has 2 rings (SSSR count). The zero-order valence-corrected chi connectivity index (χ0v) is 10.6. The number of ether oxygens (including phenoxy) is 2. The molecule has 0 radical (unpaired) electrons. The summed E-state index contributed by atoms with van der Waals surface area (Å²) < 4.78 is 11.0. The van der Waals surface area contributed by atoms with Crippen molar-refractivity contribution in [2.75, 3.05) is 26.4 Å². The van der Waals surface area contributed by atoms with Crippen molar-refractivity contribution in [2.45, 2.75) is 45.3 Å². The summed E-state index contributed by atoms with van der Waals surface area (Å²) in [6.45, 7) is 7.95. The standard InChI is InChI=1S/C13H25NO2/c1-10-3-4-13(11(2)7-10)14-8-12-9-15-5-6-16-12/h10-14H,3-9H2,1-2H3. The lowest BCUT2D eigenvalue weighted by Gasteiger charge is -2.34. The Morgan fingerprint density at radius 3 is 2.75 bits per heavy atom. The van der Waals surface area contributed by atoms with Crippen molar-refractivity contribution >= 4 is 0 Å². The van der Waals surface area contributed by atoms with Gasteiger partial charge in [-0.05, 0) is 31.1 Å². The van der Waals surface area contributed by atoms with Crippen LogP contribution in [-0.4, -0.2) is 38.5 Å². The Morgan fingerprint density at radius 2 is 2.06 bits per heavy atom. The maximum absolute atomic E-state index is 5.64. The number of nitrogens with one attached hydrogen (secondary N) is 1. The van der Waals surface area contributed by atoms with Crippen LogP contribution in [-0.2, 0) is 9.47 Å². The molecule has 16 heavy (non-hydrogen) atoms. The zero-order valence-electron chi connectivity index (χ0n) is 10.6. The molecule has 0 amide bonds. The van der Waals surface area contributed by atoms with E-state index in [4.69, 9.17) is 9.47 Å². The van der Waals surface area contributed by atoms with Gasteiger partial charge in [-0.1, -0.05) is 13.8 Å². The molecule has 1 N–H and O–H groups in total. The molecule has 0 aromatic heterocycles.